The Labute approximate surface area is 113 Å². The van der Waals surface area contributed by atoms with Crippen molar-refractivity contribution in [3.63, 3.8) is 0 Å². The molecule has 0 unspecified atom stereocenters. The van der Waals surface area contributed by atoms with E-state index in [-0.39, 0.29) is 24.9 Å². The third kappa shape index (κ3) is 8.01. The van der Waals surface area contributed by atoms with Crippen molar-refractivity contribution in [3.05, 3.63) is 0 Å². The highest BCUT2D eigenvalue weighted by Crippen LogP contribution is 2.04. The van der Waals surface area contributed by atoms with Gasteiger partial charge in [0.1, 0.15) is 6.54 Å². The quantitative estimate of drug-likeness (QED) is 0.665. The predicted molar refractivity (Wildman–Crippen MR) is 70.5 cm³/mol. The van der Waals surface area contributed by atoms with Crippen LogP contribution in [-0.4, -0.2) is 59.5 Å². The molecule has 0 rings (SSSR count). The fraction of sp³-hybridized carbons (Fsp3) is 0.750. The van der Waals surface area contributed by atoms with Crippen LogP contribution in [0.2, 0.25) is 0 Å². The summed E-state index contributed by atoms with van der Waals surface area (Å²) in [6.07, 6.45) is 0.390. The van der Waals surface area contributed by atoms with Gasteiger partial charge in [0.2, 0.25) is 5.91 Å². The standard InChI is InChI=1S/C12H23N3O4/c1-9(2)7-15(8-10(13)16)12(19)14(3)6-4-5-11(17)18/h9H,4-8H2,1-3H3,(H2,13,16)(H,17,18). The van der Waals surface area contributed by atoms with Crippen LogP contribution in [0.15, 0.2) is 0 Å². The Balaban J connectivity index is 4.42. The van der Waals surface area contributed by atoms with Gasteiger partial charge in [-0.1, -0.05) is 13.8 Å². The van der Waals surface area contributed by atoms with Crippen LogP contribution in [0.3, 0.4) is 0 Å². The third-order valence-corrected chi connectivity index (χ3v) is 2.41. The van der Waals surface area contributed by atoms with E-state index in [9.17, 15) is 14.4 Å². The summed E-state index contributed by atoms with van der Waals surface area (Å²) < 4.78 is 0. The topological polar surface area (TPSA) is 104 Å². The largest absolute Gasteiger partial charge is 0.481 e. The lowest BCUT2D eigenvalue weighted by atomic mass is 10.2. The molecule has 3 N–H and O–H groups in total. The predicted octanol–water partition coefficient (Wildman–Crippen LogP) is 0.346. The summed E-state index contributed by atoms with van der Waals surface area (Å²) in [4.78, 5) is 36.2. The number of aliphatic carboxylic acids is 1. The molecular formula is C12H23N3O4. The molecule has 19 heavy (non-hydrogen) atoms. The van der Waals surface area contributed by atoms with Gasteiger partial charge in [0.15, 0.2) is 0 Å². The molecule has 0 aromatic heterocycles. The first-order chi connectivity index (χ1) is 8.73. The molecule has 0 aliphatic carbocycles. The summed E-state index contributed by atoms with van der Waals surface area (Å²) in [6.45, 7) is 4.52. The van der Waals surface area contributed by atoms with Crippen LogP contribution >= 0.6 is 0 Å². The van der Waals surface area contributed by atoms with Gasteiger partial charge in [-0.15, -0.1) is 0 Å². The second-order valence-electron chi connectivity index (χ2n) is 4.94. The fourth-order valence-electron chi connectivity index (χ4n) is 1.64. The number of primary amides is 1. The summed E-state index contributed by atoms with van der Waals surface area (Å²) in [6, 6.07) is -0.308. The van der Waals surface area contributed by atoms with Crippen molar-refractivity contribution in [2.45, 2.75) is 26.7 Å². The number of hydrogen-bond donors (Lipinski definition) is 2. The highest BCUT2D eigenvalue weighted by Gasteiger charge is 2.20. The Morgan fingerprint density at radius 2 is 1.84 bits per heavy atom. The molecule has 0 radical (unpaired) electrons. The van der Waals surface area contributed by atoms with Crippen molar-refractivity contribution in [1.82, 2.24) is 9.80 Å². The van der Waals surface area contributed by atoms with E-state index in [1.165, 1.54) is 9.80 Å². The van der Waals surface area contributed by atoms with E-state index in [1.807, 2.05) is 13.8 Å². The average Bonchev–Trinajstić information content (AvgIpc) is 2.25. The van der Waals surface area contributed by atoms with Crippen molar-refractivity contribution in [2.75, 3.05) is 26.7 Å². The molecule has 0 aliphatic rings. The summed E-state index contributed by atoms with van der Waals surface area (Å²) in [5, 5.41) is 8.54. The number of carboxylic acids is 1. The van der Waals surface area contributed by atoms with Crippen molar-refractivity contribution >= 4 is 17.9 Å². The number of carbonyl (C=O) groups excluding carboxylic acids is 2. The molecule has 0 aliphatic heterocycles. The molecule has 0 spiro atoms. The lowest BCUT2D eigenvalue weighted by molar-refractivity contribution is -0.137. The number of hydrogen-bond acceptors (Lipinski definition) is 3. The summed E-state index contributed by atoms with van der Waals surface area (Å²) in [7, 11) is 1.58. The van der Waals surface area contributed by atoms with E-state index < -0.39 is 11.9 Å². The number of nitrogens with zero attached hydrogens (tertiary/aromatic N) is 2. The average molecular weight is 273 g/mol. The number of carboxylic acid groups (broad SMARTS) is 1. The minimum atomic E-state index is -0.892. The number of amides is 3. The molecule has 3 amide bonds. The van der Waals surface area contributed by atoms with Crippen LogP contribution in [0, 0.1) is 5.92 Å². The van der Waals surface area contributed by atoms with E-state index in [4.69, 9.17) is 10.8 Å². The van der Waals surface area contributed by atoms with Gasteiger partial charge in [0.25, 0.3) is 0 Å². The number of rotatable bonds is 8. The molecule has 7 nitrogen and oxygen atoms in total. The van der Waals surface area contributed by atoms with E-state index in [1.54, 1.807) is 7.05 Å². The Hall–Kier alpha value is -1.79. The zero-order chi connectivity index (χ0) is 15.0. The Morgan fingerprint density at radius 1 is 1.26 bits per heavy atom. The van der Waals surface area contributed by atoms with E-state index in [0.717, 1.165) is 0 Å². The lowest BCUT2D eigenvalue weighted by Gasteiger charge is -2.28. The first-order valence-corrected chi connectivity index (χ1v) is 6.24. The van der Waals surface area contributed by atoms with Crippen molar-refractivity contribution < 1.29 is 19.5 Å². The lowest BCUT2D eigenvalue weighted by Crippen LogP contribution is -2.46. The molecule has 0 fully saturated rings. The van der Waals surface area contributed by atoms with E-state index >= 15 is 0 Å². The minimum absolute atomic E-state index is 0.0115. The minimum Gasteiger partial charge on any atom is -0.481 e. The highest BCUT2D eigenvalue weighted by molar-refractivity contribution is 5.82. The van der Waals surface area contributed by atoms with Gasteiger partial charge in [0.05, 0.1) is 0 Å². The SMILES string of the molecule is CC(C)CN(CC(N)=O)C(=O)N(C)CCCC(=O)O. The molecule has 0 saturated carbocycles. The molecule has 0 atom stereocenters. The number of nitrogens with two attached hydrogens (primary N) is 1. The van der Waals surface area contributed by atoms with Crippen molar-refractivity contribution in [1.29, 1.82) is 0 Å². The van der Waals surface area contributed by atoms with Crippen LogP contribution < -0.4 is 5.73 Å². The maximum absolute atomic E-state index is 12.1. The Morgan fingerprint density at radius 3 is 2.26 bits per heavy atom. The monoisotopic (exact) mass is 273 g/mol. The molecule has 7 heteroatoms. The van der Waals surface area contributed by atoms with Gasteiger partial charge in [-0.25, -0.2) is 4.79 Å². The van der Waals surface area contributed by atoms with E-state index in [0.29, 0.717) is 19.5 Å². The normalized spacial score (nSPS) is 10.3. The van der Waals surface area contributed by atoms with Crippen LogP contribution in [0.1, 0.15) is 26.7 Å². The second kappa shape index (κ2) is 8.34. The first kappa shape index (κ1) is 17.2. The van der Waals surface area contributed by atoms with Gasteiger partial charge in [0, 0.05) is 26.6 Å². The zero-order valence-corrected chi connectivity index (χ0v) is 11.8. The van der Waals surface area contributed by atoms with Gasteiger partial charge in [-0.3, -0.25) is 9.59 Å². The third-order valence-electron chi connectivity index (χ3n) is 2.41. The van der Waals surface area contributed by atoms with E-state index in [2.05, 4.69) is 0 Å². The Bertz CT molecular complexity index is 331. The van der Waals surface area contributed by atoms with Crippen molar-refractivity contribution in [3.8, 4) is 0 Å². The van der Waals surface area contributed by atoms with Crippen LogP contribution in [-0.2, 0) is 9.59 Å². The number of carbonyl (C=O) groups is 3. The fourth-order valence-corrected chi connectivity index (χ4v) is 1.64. The maximum atomic E-state index is 12.1. The van der Waals surface area contributed by atoms with Crippen LogP contribution in [0.5, 0.6) is 0 Å². The maximum Gasteiger partial charge on any atom is 0.320 e. The Kier molecular flexibility index (Phi) is 7.55. The second-order valence-corrected chi connectivity index (χ2v) is 4.94. The number of urea groups is 1. The smallest absolute Gasteiger partial charge is 0.320 e. The summed E-state index contributed by atoms with van der Waals surface area (Å²) in [5.74, 6) is -1.24. The van der Waals surface area contributed by atoms with Gasteiger partial charge in [-0.05, 0) is 12.3 Å². The van der Waals surface area contributed by atoms with Crippen LogP contribution in [0.4, 0.5) is 4.79 Å². The van der Waals surface area contributed by atoms with Gasteiger partial charge < -0.3 is 20.6 Å². The molecule has 0 bridgehead atoms. The van der Waals surface area contributed by atoms with Crippen molar-refractivity contribution in [2.24, 2.45) is 11.7 Å². The molecular weight excluding hydrogens is 250 g/mol. The molecule has 0 heterocycles. The van der Waals surface area contributed by atoms with Crippen LogP contribution in [0.25, 0.3) is 0 Å². The first-order valence-electron chi connectivity index (χ1n) is 6.24. The summed E-state index contributed by atoms with van der Waals surface area (Å²) >= 11 is 0. The molecule has 0 aromatic rings. The molecule has 110 valence electrons. The van der Waals surface area contributed by atoms with Gasteiger partial charge in [-0.2, -0.15) is 0 Å². The summed E-state index contributed by atoms with van der Waals surface area (Å²) in [5.41, 5.74) is 5.12. The molecule has 0 aromatic carbocycles. The zero-order valence-electron chi connectivity index (χ0n) is 11.8. The highest BCUT2D eigenvalue weighted by atomic mass is 16.4. The van der Waals surface area contributed by atoms with Gasteiger partial charge >= 0.3 is 12.0 Å². The molecule has 0 saturated heterocycles.